The summed E-state index contributed by atoms with van der Waals surface area (Å²) in [7, 11) is 0. The van der Waals surface area contributed by atoms with Crippen molar-refractivity contribution < 1.29 is 24.5 Å². The molecule has 2 atom stereocenters. The summed E-state index contributed by atoms with van der Waals surface area (Å²) in [6, 6.07) is -0.546. The van der Waals surface area contributed by atoms with E-state index in [-0.39, 0.29) is 18.5 Å². The number of hydrogen-bond donors (Lipinski definition) is 3. The highest BCUT2D eigenvalue weighted by atomic mass is 16.5. The van der Waals surface area contributed by atoms with E-state index < -0.39 is 12.1 Å². The zero-order valence-electron chi connectivity index (χ0n) is 52.9. The van der Waals surface area contributed by atoms with Crippen LogP contribution in [-0.2, 0) is 14.3 Å². The van der Waals surface area contributed by atoms with Crippen LogP contribution in [0.4, 0.5) is 0 Å². The number of esters is 1. The predicted octanol–water partition coefficient (Wildman–Crippen LogP) is 22.9. The van der Waals surface area contributed by atoms with Crippen molar-refractivity contribution in [3.05, 3.63) is 24.3 Å². The molecule has 0 saturated heterocycles. The molecule has 462 valence electrons. The number of ether oxygens (including phenoxy) is 1. The van der Waals surface area contributed by atoms with Crippen LogP contribution >= 0.6 is 0 Å². The van der Waals surface area contributed by atoms with Gasteiger partial charge in [0.05, 0.1) is 25.4 Å². The second kappa shape index (κ2) is 67.8. The van der Waals surface area contributed by atoms with Gasteiger partial charge in [-0.3, -0.25) is 9.59 Å². The van der Waals surface area contributed by atoms with Crippen molar-refractivity contribution in [2.24, 2.45) is 0 Å². The Balaban J connectivity index is 3.40. The molecule has 0 fully saturated rings. The highest BCUT2D eigenvalue weighted by Gasteiger charge is 2.20. The Kier molecular flexibility index (Phi) is 66.4. The Morgan fingerprint density at radius 3 is 0.910 bits per heavy atom. The number of unbranched alkanes of at least 4 members (excludes halogenated alkanes) is 52. The molecule has 0 rings (SSSR count). The van der Waals surface area contributed by atoms with Crippen molar-refractivity contribution >= 4 is 11.9 Å². The minimum absolute atomic E-state index is 0.00551. The van der Waals surface area contributed by atoms with Gasteiger partial charge in [0, 0.05) is 12.8 Å². The van der Waals surface area contributed by atoms with E-state index in [0.717, 1.165) is 44.9 Å². The summed E-state index contributed by atoms with van der Waals surface area (Å²) in [6.45, 7) is 4.98. The monoisotopic (exact) mass is 1100 g/mol. The van der Waals surface area contributed by atoms with Gasteiger partial charge in [0.2, 0.25) is 5.91 Å². The lowest BCUT2D eigenvalue weighted by Crippen LogP contribution is -2.45. The summed E-state index contributed by atoms with van der Waals surface area (Å²) in [4.78, 5) is 24.6. The first-order valence-corrected chi connectivity index (χ1v) is 35.6. The van der Waals surface area contributed by atoms with Gasteiger partial charge >= 0.3 is 5.97 Å². The van der Waals surface area contributed by atoms with Crippen molar-refractivity contribution in [2.75, 3.05) is 13.2 Å². The highest BCUT2D eigenvalue weighted by molar-refractivity contribution is 5.76. The van der Waals surface area contributed by atoms with Gasteiger partial charge < -0.3 is 20.3 Å². The molecule has 0 bridgehead atoms. The first-order valence-electron chi connectivity index (χ1n) is 35.6. The average molecular weight is 1100 g/mol. The largest absolute Gasteiger partial charge is 0.466 e. The Morgan fingerprint density at radius 1 is 0.346 bits per heavy atom. The topological polar surface area (TPSA) is 95.9 Å². The normalized spacial score (nSPS) is 12.6. The Labute approximate surface area is 488 Å². The van der Waals surface area contributed by atoms with Crippen LogP contribution in [0.3, 0.4) is 0 Å². The first-order chi connectivity index (χ1) is 38.5. The molecule has 2 unspecified atom stereocenters. The fourth-order valence-electron chi connectivity index (χ4n) is 11.3. The van der Waals surface area contributed by atoms with Crippen LogP contribution in [0.1, 0.15) is 399 Å². The molecule has 0 aromatic carbocycles. The molecule has 3 N–H and O–H groups in total. The third-order valence-corrected chi connectivity index (χ3v) is 16.7. The quantitative estimate of drug-likeness (QED) is 0.0320. The number of carbonyl (C=O) groups excluding carboxylic acids is 2. The van der Waals surface area contributed by atoms with E-state index in [9.17, 15) is 19.8 Å². The maximum Gasteiger partial charge on any atom is 0.305 e. The van der Waals surface area contributed by atoms with Crippen LogP contribution in [0, 0.1) is 0 Å². The van der Waals surface area contributed by atoms with E-state index in [1.165, 1.54) is 321 Å². The smallest absolute Gasteiger partial charge is 0.305 e. The van der Waals surface area contributed by atoms with E-state index in [4.69, 9.17) is 4.74 Å². The maximum absolute atomic E-state index is 12.5. The van der Waals surface area contributed by atoms with Gasteiger partial charge in [0.25, 0.3) is 0 Å². The molecule has 0 aliphatic heterocycles. The first kappa shape index (κ1) is 76.3. The number of nitrogens with one attached hydrogen (secondary N) is 1. The molecule has 78 heavy (non-hydrogen) atoms. The number of allylic oxidation sites excluding steroid dienone is 4. The van der Waals surface area contributed by atoms with Crippen molar-refractivity contribution in [1.82, 2.24) is 5.32 Å². The number of rotatable bonds is 67. The number of aliphatic hydroxyl groups excluding tert-OH is 2. The molecule has 0 aliphatic carbocycles. The standard InChI is InChI=1S/C72H139NO5/c1-3-5-7-9-11-13-15-17-19-20-21-22-27-30-33-37-40-44-48-52-56-60-64-70(75)69(68-74)73-71(76)65-61-57-53-49-45-41-38-34-31-28-25-23-24-26-29-32-35-39-43-47-51-55-59-63-67-78-72(77)66-62-58-54-50-46-42-36-18-16-14-12-10-8-6-4-2/h18,25,28,36,69-70,74-75H,3-17,19-24,26-27,29-35,37-68H2,1-2H3,(H,73,76)/b28-25-,36-18-. The predicted molar refractivity (Wildman–Crippen MR) is 343 cm³/mol. The summed E-state index contributed by atoms with van der Waals surface area (Å²) in [6.07, 6.45) is 85.1. The van der Waals surface area contributed by atoms with E-state index in [2.05, 4.69) is 43.5 Å². The van der Waals surface area contributed by atoms with Gasteiger partial charge in [0.1, 0.15) is 0 Å². The van der Waals surface area contributed by atoms with Crippen molar-refractivity contribution in [2.45, 2.75) is 411 Å². The lowest BCUT2D eigenvalue weighted by atomic mass is 10.0. The summed E-state index contributed by atoms with van der Waals surface area (Å²) in [5, 5.41) is 23.4. The SMILES string of the molecule is CCCCCCCC/C=C\CCCCCCCC(=O)OCCCCCCCCCCCCCC/C=C\CCCCCCCCCCC(=O)NC(CO)C(O)CCCCCCCCCCCCCCCCCCCCCCCC. The second-order valence-electron chi connectivity index (χ2n) is 24.6. The number of amides is 1. The van der Waals surface area contributed by atoms with Gasteiger partial charge in [-0.05, 0) is 77.0 Å². The Hall–Kier alpha value is -1.66. The zero-order valence-corrected chi connectivity index (χ0v) is 52.9. The third kappa shape index (κ3) is 63.5. The van der Waals surface area contributed by atoms with E-state index >= 15 is 0 Å². The molecule has 0 aromatic heterocycles. The van der Waals surface area contributed by atoms with E-state index in [1.807, 2.05) is 0 Å². The molecular formula is C72H139NO5. The van der Waals surface area contributed by atoms with E-state index in [0.29, 0.717) is 25.9 Å². The number of carbonyl (C=O) groups is 2. The van der Waals surface area contributed by atoms with Gasteiger partial charge in [-0.2, -0.15) is 0 Å². The molecule has 6 nitrogen and oxygen atoms in total. The lowest BCUT2D eigenvalue weighted by Gasteiger charge is -2.22. The van der Waals surface area contributed by atoms with Crippen LogP contribution in [0.2, 0.25) is 0 Å². The van der Waals surface area contributed by atoms with Gasteiger partial charge in [0.15, 0.2) is 0 Å². The van der Waals surface area contributed by atoms with Crippen LogP contribution in [0.25, 0.3) is 0 Å². The molecule has 0 heterocycles. The van der Waals surface area contributed by atoms with Crippen molar-refractivity contribution in [1.29, 1.82) is 0 Å². The van der Waals surface area contributed by atoms with Crippen molar-refractivity contribution in [3.8, 4) is 0 Å². The highest BCUT2D eigenvalue weighted by Crippen LogP contribution is 2.19. The minimum atomic E-state index is -0.668. The summed E-state index contributed by atoms with van der Waals surface area (Å²) in [5.41, 5.74) is 0. The molecule has 0 aromatic rings. The second-order valence-corrected chi connectivity index (χ2v) is 24.6. The summed E-state index contributed by atoms with van der Waals surface area (Å²) < 4.78 is 5.49. The van der Waals surface area contributed by atoms with Gasteiger partial charge in [-0.25, -0.2) is 0 Å². The van der Waals surface area contributed by atoms with E-state index in [1.54, 1.807) is 0 Å². The number of hydrogen-bond acceptors (Lipinski definition) is 5. The zero-order chi connectivity index (χ0) is 56.4. The third-order valence-electron chi connectivity index (χ3n) is 16.7. The lowest BCUT2D eigenvalue weighted by molar-refractivity contribution is -0.143. The van der Waals surface area contributed by atoms with Crippen LogP contribution in [-0.4, -0.2) is 47.4 Å². The molecule has 0 spiro atoms. The molecule has 1 amide bonds. The van der Waals surface area contributed by atoms with Crippen molar-refractivity contribution in [3.63, 3.8) is 0 Å². The molecule has 0 aliphatic rings. The average Bonchev–Trinajstić information content (AvgIpc) is 3.44. The summed E-state index contributed by atoms with van der Waals surface area (Å²) >= 11 is 0. The Bertz CT molecular complexity index is 1220. The molecule has 6 heteroatoms. The van der Waals surface area contributed by atoms with Gasteiger partial charge in [-0.15, -0.1) is 0 Å². The molecule has 0 saturated carbocycles. The Morgan fingerprint density at radius 2 is 0.603 bits per heavy atom. The fraction of sp³-hybridized carbons (Fsp3) is 0.917. The van der Waals surface area contributed by atoms with Crippen LogP contribution < -0.4 is 5.32 Å². The molecule has 0 radical (unpaired) electrons. The van der Waals surface area contributed by atoms with Crippen LogP contribution in [0.15, 0.2) is 24.3 Å². The van der Waals surface area contributed by atoms with Crippen LogP contribution in [0.5, 0.6) is 0 Å². The summed E-state index contributed by atoms with van der Waals surface area (Å²) in [5.74, 6) is -0.0296. The maximum atomic E-state index is 12.5. The molecular weight excluding hydrogens is 959 g/mol. The number of aliphatic hydroxyl groups is 2. The van der Waals surface area contributed by atoms with Gasteiger partial charge in [-0.1, -0.05) is 334 Å². The minimum Gasteiger partial charge on any atom is -0.466 e. The fourth-order valence-corrected chi connectivity index (χ4v) is 11.3.